The van der Waals surface area contributed by atoms with E-state index in [4.69, 9.17) is 21.1 Å². The predicted octanol–water partition coefficient (Wildman–Crippen LogP) is 2.97. The highest BCUT2D eigenvalue weighted by molar-refractivity contribution is 6.30. The van der Waals surface area contributed by atoms with E-state index in [9.17, 15) is 9.59 Å². The van der Waals surface area contributed by atoms with Crippen molar-refractivity contribution in [3.05, 3.63) is 65.2 Å². The van der Waals surface area contributed by atoms with Gasteiger partial charge in [0.15, 0.2) is 12.7 Å². The first-order chi connectivity index (χ1) is 11.5. The van der Waals surface area contributed by atoms with E-state index in [2.05, 4.69) is 5.32 Å². The Morgan fingerprint density at radius 3 is 2.42 bits per heavy atom. The van der Waals surface area contributed by atoms with Crippen molar-refractivity contribution in [1.29, 1.82) is 0 Å². The zero-order valence-electron chi connectivity index (χ0n) is 13.2. The molecular weight excluding hydrogens is 330 g/mol. The largest absolute Gasteiger partial charge is 0.479 e. The fourth-order valence-corrected chi connectivity index (χ4v) is 1.99. The quantitative estimate of drug-likeness (QED) is 0.782. The molecule has 6 heteroatoms. The Morgan fingerprint density at radius 1 is 1.08 bits per heavy atom. The van der Waals surface area contributed by atoms with Gasteiger partial charge in [0.1, 0.15) is 5.75 Å². The Bertz CT molecular complexity index is 673. The Labute approximate surface area is 145 Å². The van der Waals surface area contributed by atoms with Crippen LogP contribution in [0.2, 0.25) is 5.02 Å². The molecule has 0 unspecified atom stereocenters. The molecule has 2 aromatic carbocycles. The van der Waals surface area contributed by atoms with E-state index in [0.717, 1.165) is 5.56 Å². The number of esters is 1. The summed E-state index contributed by atoms with van der Waals surface area (Å²) in [5, 5.41) is 3.25. The van der Waals surface area contributed by atoms with E-state index in [1.165, 1.54) is 0 Å². The molecule has 0 aromatic heterocycles. The van der Waals surface area contributed by atoms with E-state index < -0.39 is 12.1 Å². The van der Waals surface area contributed by atoms with Gasteiger partial charge in [-0.3, -0.25) is 4.79 Å². The van der Waals surface area contributed by atoms with Crippen molar-refractivity contribution in [2.24, 2.45) is 0 Å². The number of carbonyl (C=O) groups is 2. The van der Waals surface area contributed by atoms with E-state index in [1.54, 1.807) is 31.2 Å². The van der Waals surface area contributed by atoms with Crippen molar-refractivity contribution in [2.45, 2.75) is 19.6 Å². The second kappa shape index (κ2) is 8.93. The number of rotatable bonds is 7. The number of amides is 1. The van der Waals surface area contributed by atoms with Crippen molar-refractivity contribution in [3.8, 4) is 5.75 Å². The maximum Gasteiger partial charge on any atom is 0.347 e. The Hall–Kier alpha value is -2.53. The fourth-order valence-electron chi connectivity index (χ4n) is 1.87. The summed E-state index contributed by atoms with van der Waals surface area (Å²) in [5.74, 6) is -0.483. The van der Waals surface area contributed by atoms with Gasteiger partial charge < -0.3 is 14.8 Å². The highest BCUT2D eigenvalue weighted by Crippen LogP contribution is 2.17. The SMILES string of the molecule is C[C@@H](Oc1ccc(Cl)cc1)C(=O)OCC(=O)NCc1ccccc1. The highest BCUT2D eigenvalue weighted by Gasteiger charge is 2.17. The van der Waals surface area contributed by atoms with Gasteiger partial charge in [0, 0.05) is 11.6 Å². The van der Waals surface area contributed by atoms with Crippen molar-refractivity contribution < 1.29 is 19.1 Å². The first kappa shape index (κ1) is 17.8. The summed E-state index contributed by atoms with van der Waals surface area (Å²) in [6, 6.07) is 16.1. The summed E-state index contributed by atoms with van der Waals surface area (Å²) in [6.07, 6.45) is -0.826. The summed E-state index contributed by atoms with van der Waals surface area (Å²) in [4.78, 5) is 23.5. The van der Waals surface area contributed by atoms with Crippen LogP contribution in [-0.4, -0.2) is 24.6 Å². The van der Waals surface area contributed by atoms with E-state index >= 15 is 0 Å². The molecule has 24 heavy (non-hydrogen) atoms. The molecule has 0 spiro atoms. The fraction of sp³-hybridized carbons (Fsp3) is 0.222. The average molecular weight is 348 g/mol. The van der Waals surface area contributed by atoms with Gasteiger partial charge in [-0.2, -0.15) is 0 Å². The lowest BCUT2D eigenvalue weighted by atomic mass is 10.2. The van der Waals surface area contributed by atoms with Gasteiger partial charge in [0.2, 0.25) is 0 Å². The molecule has 2 aromatic rings. The third kappa shape index (κ3) is 5.93. The van der Waals surface area contributed by atoms with Crippen molar-refractivity contribution >= 4 is 23.5 Å². The van der Waals surface area contributed by atoms with Crippen LogP contribution in [0.25, 0.3) is 0 Å². The first-order valence-electron chi connectivity index (χ1n) is 7.44. The minimum Gasteiger partial charge on any atom is -0.479 e. The standard InChI is InChI=1S/C18H18ClNO4/c1-13(24-16-9-7-15(19)8-10-16)18(22)23-12-17(21)20-11-14-5-3-2-4-6-14/h2-10,13H,11-12H2,1H3,(H,20,21)/t13-/m1/s1. The highest BCUT2D eigenvalue weighted by atomic mass is 35.5. The van der Waals surface area contributed by atoms with Crippen molar-refractivity contribution in [2.75, 3.05) is 6.61 Å². The molecule has 0 heterocycles. The molecule has 1 amide bonds. The molecule has 0 bridgehead atoms. The van der Waals surface area contributed by atoms with Crippen LogP contribution in [0.5, 0.6) is 5.75 Å². The number of nitrogens with one attached hydrogen (secondary N) is 1. The maximum absolute atomic E-state index is 11.8. The van der Waals surface area contributed by atoms with Crippen LogP contribution < -0.4 is 10.1 Å². The Balaban J connectivity index is 1.71. The Kier molecular flexibility index (Phi) is 6.63. The smallest absolute Gasteiger partial charge is 0.347 e. The Morgan fingerprint density at radius 2 is 1.75 bits per heavy atom. The van der Waals surface area contributed by atoms with Gasteiger partial charge >= 0.3 is 5.97 Å². The number of hydrogen-bond donors (Lipinski definition) is 1. The van der Waals surface area contributed by atoms with E-state index in [0.29, 0.717) is 17.3 Å². The number of carbonyl (C=O) groups excluding carboxylic acids is 2. The predicted molar refractivity (Wildman–Crippen MR) is 90.8 cm³/mol. The number of hydrogen-bond acceptors (Lipinski definition) is 4. The molecule has 0 saturated carbocycles. The topological polar surface area (TPSA) is 64.6 Å². The molecule has 0 radical (unpaired) electrons. The number of halogens is 1. The van der Waals surface area contributed by atoms with Crippen LogP contribution in [0, 0.1) is 0 Å². The van der Waals surface area contributed by atoms with E-state index in [1.807, 2.05) is 30.3 Å². The van der Waals surface area contributed by atoms with Gasteiger partial charge in [-0.25, -0.2) is 4.79 Å². The van der Waals surface area contributed by atoms with Crippen molar-refractivity contribution in [3.63, 3.8) is 0 Å². The van der Waals surface area contributed by atoms with Gasteiger partial charge in [0.25, 0.3) is 5.91 Å². The third-order valence-electron chi connectivity index (χ3n) is 3.14. The number of ether oxygens (including phenoxy) is 2. The lowest BCUT2D eigenvalue weighted by Gasteiger charge is -2.14. The monoisotopic (exact) mass is 347 g/mol. The molecule has 5 nitrogen and oxygen atoms in total. The molecule has 2 rings (SSSR count). The molecule has 1 atom stereocenters. The van der Waals surface area contributed by atoms with Crippen LogP contribution >= 0.6 is 11.6 Å². The first-order valence-corrected chi connectivity index (χ1v) is 7.82. The van der Waals surface area contributed by atoms with Gasteiger partial charge in [-0.05, 0) is 36.8 Å². The minimum absolute atomic E-state index is 0.347. The summed E-state index contributed by atoms with van der Waals surface area (Å²) in [7, 11) is 0. The van der Waals surface area contributed by atoms with Gasteiger partial charge in [-0.1, -0.05) is 41.9 Å². The average Bonchev–Trinajstić information content (AvgIpc) is 2.60. The molecule has 1 N–H and O–H groups in total. The van der Waals surface area contributed by atoms with E-state index in [-0.39, 0.29) is 12.5 Å². The van der Waals surface area contributed by atoms with Crippen LogP contribution in [0.1, 0.15) is 12.5 Å². The molecule has 0 aliphatic rings. The maximum atomic E-state index is 11.8. The second-order valence-electron chi connectivity index (χ2n) is 5.08. The van der Waals surface area contributed by atoms with Gasteiger partial charge in [-0.15, -0.1) is 0 Å². The lowest BCUT2D eigenvalue weighted by molar-refractivity contribution is -0.154. The van der Waals surface area contributed by atoms with Gasteiger partial charge in [0.05, 0.1) is 0 Å². The second-order valence-corrected chi connectivity index (χ2v) is 5.52. The third-order valence-corrected chi connectivity index (χ3v) is 3.39. The molecule has 0 fully saturated rings. The molecule has 126 valence electrons. The zero-order chi connectivity index (χ0) is 17.4. The zero-order valence-corrected chi connectivity index (χ0v) is 14.0. The van der Waals surface area contributed by atoms with Crippen molar-refractivity contribution in [1.82, 2.24) is 5.32 Å². The summed E-state index contributed by atoms with van der Waals surface area (Å²) < 4.78 is 10.4. The lowest BCUT2D eigenvalue weighted by Crippen LogP contribution is -2.32. The normalized spacial score (nSPS) is 11.4. The number of benzene rings is 2. The van der Waals surface area contributed by atoms with Crippen LogP contribution in [0.3, 0.4) is 0 Å². The molecule has 0 aliphatic carbocycles. The van der Waals surface area contributed by atoms with Crippen LogP contribution in [0.15, 0.2) is 54.6 Å². The minimum atomic E-state index is -0.826. The van der Waals surface area contributed by atoms with Crippen LogP contribution in [-0.2, 0) is 20.9 Å². The molecule has 0 aliphatic heterocycles. The van der Waals surface area contributed by atoms with Crippen LogP contribution in [0.4, 0.5) is 0 Å². The summed E-state index contributed by atoms with van der Waals surface area (Å²) in [6.45, 7) is 1.59. The molecule has 0 saturated heterocycles. The summed E-state index contributed by atoms with van der Waals surface area (Å²) in [5.41, 5.74) is 0.969. The molecular formula is C18H18ClNO4. The summed E-state index contributed by atoms with van der Waals surface area (Å²) >= 11 is 5.78.